The molecule has 1 amide bonds. The third-order valence-electron chi connectivity index (χ3n) is 4.48. The van der Waals surface area contributed by atoms with E-state index >= 15 is 0 Å². The van der Waals surface area contributed by atoms with Crippen molar-refractivity contribution in [2.24, 2.45) is 0 Å². The van der Waals surface area contributed by atoms with E-state index in [1.165, 1.54) is 35.3 Å². The molecule has 152 valence electrons. The van der Waals surface area contributed by atoms with Crippen LogP contribution in [0.3, 0.4) is 0 Å². The molecule has 11 heteroatoms. The predicted octanol–water partition coefficient (Wildman–Crippen LogP) is 3.77. The molecule has 0 spiro atoms. The van der Waals surface area contributed by atoms with Gasteiger partial charge in [0.05, 0.1) is 12.2 Å². The van der Waals surface area contributed by atoms with Crippen molar-refractivity contribution in [3.8, 4) is 0 Å². The minimum Gasteiger partial charge on any atom is -0.292 e. The molecule has 0 aliphatic heterocycles. The fourth-order valence-electron chi connectivity index (χ4n) is 2.89. The number of carbonyl (C=O) groups excluding carboxylic acids is 1. The van der Waals surface area contributed by atoms with Gasteiger partial charge >= 0.3 is 0 Å². The Balaban J connectivity index is 1.40. The Morgan fingerprint density at radius 3 is 2.76 bits per heavy atom. The lowest BCUT2D eigenvalue weighted by atomic mass is 10.2. The molecular weight excluding hydrogens is 409 g/mol. The summed E-state index contributed by atoms with van der Waals surface area (Å²) in [5.41, 5.74) is 0.930. The maximum absolute atomic E-state index is 13.2. The first-order chi connectivity index (χ1) is 13.9. The minimum absolute atomic E-state index is 0.0152. The number of alkyl halides is 2. The zero-order chi connectivity index (χ0) is 20.5. The third-order valence-corrected chi connectivity index (χ3v) is 4.83. The highest BCUT2D eigenvalue weighted by Gasteiger charge is 2.29. The van der Waals surface area contributed by atoms with Crippen LogP contribution >= 0.6 is 11.6 Å². The molecule has 0 radical (unpaired) electrons. The van der Waals surface area contributed by atoms with Gasteiger partial charge in [-0.05, 0) is 36.6 Å². The van der Waals surface area contributed by atoms with Crippen molar-refractivity contribution in [3.05, 3.63) is 58.4 Å². The molecule has 1 N–H and O–H groups in total. The van der Waals surface area contributed by atoms with Crippen LogP contribution in [-0.4, -0.2) is 30.5 Å². The summed E-state index contributed by atoms with van der Waals surface area (Å²) >= 11 is 5.99. The molecule has 1 aliphatic carbocycles. The molecule has 3 aromatic rings. The molecule has 1 aliphatic rings. The van der Waals surface area contributed by atoms with E-state index in [2.05, 4.69) is 20.5 Å². The molecule has 1 fully saturated rings. The molecule has 0 unspecified atom stereocenters. The van der Waals surface area contributed by atoms with Gasteiger partial charge in [0, 0.05) is 10.9 Å². The van der Waals surface area contributed by atoms with E-state index in [0.717, 1.165) is 17.5 Å². The van der Waals surface area contributed by atoms with E-state index in [9.17, 15) is 18.0 Å². The van der Waals surface area contributed by atoms with Gasteiger partial charge in [0.1, 0.15) is 24.4 Å². The molecule has 4 rings (SSSR count). The van der Waals surface area contributed by atoms with Crippen molar-refractivity contribution in [1.29, 1.82) is 0 Å². The van der Waals surface area contributed by atoms with Gasteiger partial charge < -0.3 is 0 Å². The lowest BCUT2D eigenvalue weighted by Crippen LogP contribution is -2.22. The summed E-state index contributed by atoms with van der Waals surface area (Å²) in [5, 5.41) is 10.9. The Morgan fingerprint density at radius 1 is 1.28 bits per heavy atom. The van der Waals surface area contributed by atoms with E-state index in [4.69, 9.17) is 11.6 Å². The van der Waals surface area contributed by atoms with Gasteiger partial charge in [-0.1, -0.05) is 17.7 Å². The number of nitrogens with one attached hydrogen (secondary N) is 1. The molecule has 2 aromatic heterocycles. The molecule has 0 bridgehead atoms. The number of amides is 1. The first kappa shape index (κ1) is 19.4. The third kappa shape index (κ3) is 4.58. The Kier molecular flexibility index (Phi) is 5.27. The smallest absolute Gasteiger partial charge is 0.280 e. The number of hydrogen-bond acceptors (Lipinski definition) is 4. The SMILES string of the molecule is O=C(Cn1nc(C2CC2)cc1C(F)F)Nc1ncn(Cc2ccc(F)cc2Cl)n1. The first-order valence-electron chi connectivity index (χ1n) is 8.88. The Labute approximate surface area is 168 Å². The molecule has 29 heavy (non-hydrogen) atoms. The van der Waals surface area contributed by atoms with Gasteiger partial charge in [0.2, 0.25) is 11.9 Å². The van der Waals surface area contributed by atoms with Crippen molar-refractivity contribution < 1.29 is 18.0 Å². The molecule has 1 saturated carbocycles. The number of halogens is 4. The summed E-state index contributed by atoms with van der Waals surface area (Å²) in [6.07, 6.45) is 0.496. The van der Waals surface area contributed by atoms with Gasteiger partial charge in [-0.25, -0.2) is 22.8 Å². The van der Waals surface area contributed by atoms with Crippen LogP contribution in [0.2, 0.25) is 5.02 Å². The predicted molar refractivity (Wildman–Crippen MR) is 98.3 cm³/mol. The number of carbonyl (C=O) groups is 1. The molecule has 0 atom stereocenters. The van der Waals surface area contributed by atoms with Crippen molar-refractivity contribution >= 4 is 23.5 Å². The van der Waals surface area contributed by atoms with Crippen molar-refractivity contribution in [1.82, 2.24) is 24.5 Å². The highest BCUT2D eigenvalue weighted by molar-refractivity contribution is 6.31. The van der Waals surface area contributed by atoms with Crippen LogP contribution in [0.1, 0.15) is 42.1 Å². The highest BCUT2D eigenvalue weighted by Crippen LogP contribution is 2.40. The normalized spacial score (nSPS) is 13.8. The average molecular weight is 425 g/mol. The quantitative estimate of drug-likeness (QED) is 0.626. The molecular formula is C18H16ClF3N6O. The summed E-state index contributed by atoms with van der Waals surface area (Å²) in [6.45, 7) is -0.147. The molecule has 2 heterocycles. The summed E-state index contributed by atoms with van der Waals surface area (Å²) in [5.74, 6) is -0.805. The fourth-order valence-corrected chi connectivity index (χ4v) is 3.11. The van der Waals surface area contributed by atoms with Crippen LogP contribution in [0.25, 0.3) is 0 Å². The summed E-state index contributed by atoms with van der Waals surface area (Å²) < 4.78 is 42.0. The largest absolute Gasteiger partial charge is 0.292 e. The Bertz CT molecular complexity index is 1050. The number of nitrogens with zero attached hydrogens (tertiary/aromatic N) is 5. The summed E-state index contributed by atoms with van der Waals surface area (Å²) in [6, 6.07) is 5.35. The summed E-state index contributed by atoms with van der Waals surface area (Å²) in [4.78, 5) is 16.2. The fraction of sp³-hybridized carbons (Fsp3) is 0.333. The highest BCUT2D eigenvalue weighted by atomic mass is 35.5. The van der Waals surface area contributed by atoms with E-state index in [-0.39, 0.29) is 35.7 Å². The maximum Gasteiger partial charge on any atom is 0.280 e. The number of rotatable bonds is 7. The standard InChI is InChI=1S/C18H16ClF3N6O/c19-13-5-12(20)4-3-11(13)7-27-9-23-18(26-27)24-16(29)8-28-15(17(21)22)6-14(25-28)10-1-2-10/h3-6,9-10,17H,1-2,7-8H2,(H,24,26,29). The van der Waals surface area contributed by atoms with E-state index in [0.29, 0.717) is 11.3 Å². The minimum atomic E-state index is -2.72. The Hall–Kier alpha value is -2.88. The van der Waals surface area contributed by atoms with Crippen LogP contribution < -0.4 is 5.32 Å². The van der Waals surface area contributed by atoms with Crippen molar-refractivity contribution in [2.75, 3.05) is 5.32 Å². The van der Waals surface area contributed by atoms with Gasteiger partial charge in [0.15, 0.2) is 0 Å². The number of benzene rings is 1. The average Bonchev–Trinajstić information content (AvgIpc) is 3.28. The number of aromatic nitrogens is 5. The second-order valence-corrected chi connectivity index (χ2v) is 7.18. The second-order valence-electron chi connectivity index (χ2n) is 6.78. The monoisotopic (exact) mass is 424 g/mol. The zero-order valence-electron chi connectivity index (χ0n) is 15.0. The molecule has 1 aromatic carbocycles. The van der Waals surface area contributed by atoms with E-state index < -0.39 is 18.1 Å². The second kappa shape index (κ2) is 7.86. The topological polar surface area (TPSA) is 77.6 Å². The molecule has 7 nitrogen and oxygen atoms in total. The van der Waals surface area contributed by atoms with Crippen LogP contribution in [0.5, 0.6) is 0 Å². The van der Waals surface area contributed by atoms with Gasteiger partial charge in [0.25, 0.3) is 6.43 Å². The van der Waals surface area contributed by atoms with Crippen molar-refractivity contribution in [2.45, 2.75) is 38.3 Å². The van der Waals surface area contributed by atoms with Gasteiger partial charge in [-0.15, -0.1) is 5.10 Å². The summed E-state index contributed by atoms with van der Waals surface area (Å²) in [7, 11) is 0. The van der Waals surface area contributed by atoms with Crippen molar-refractivity contribution in [3.63, 3.8) is 0 Å². The molecule has 0 saturated heterocycles. The van der Waals surface area contributed by atoms with Crippen LogP contribution in [0.4, 0.5) is 19.1 Å². The van der Waals surface area contributed by atoms with Gasteiger partial charge in [-0.3, -0.25) is 14.8 Å². The van der Waals surface area contributed by atoms with Crippen LogP contribution in [0, 0.1) is 5.82 Å². The van der Waals surface area contributed by atoms with E-state index in [1.54, 1.807) is 0 Å². The Morgan fingerprint density at radius 2 is 2.07 bits per heavy atom. The van der Waals surface area contributed by atoms with Gasteiger partial charge in [-0.2, -0.15) is 5.10 Å². The van der Waals surface area contributed by atoms with Crippen LogP contribution in [-0.2, 0) is 17.9 Å². The lowest BCUT2D eigenvalue weighted by Gasteiger charge is -2.06. The lowest BCUT2D eigenvalue weighted by molar-refractivity contribution is -0.117. The zero-order valence-corrected chi connectivity index (χ0v) is 15.8. The van der Waals surface area contributed by atoms with E-state index in [1.807, 2.05) is 0 Å². The first-order valence-corrected chi connectivity index (χ1v) is 9.26. The number of anilines is 1. The number of hydrogen-bond donors (Lipinski definition) is 1. The maximum atomic E-state index is 13.2. The van der Waals surface area contributed by atoms with Crippen LogP contribution in [0.15, 0.2) is 30.6 Å².